The largest absolute Gasteiger partial charge is 0.490 e. The van der Waals surface area contributed by atoms with E-state index in [2.05, 4.69) is 56.5 Å². The van der Waals surface area contributed by atoms with Crippen molar-refractivity contribution >= 4 is 29.9 Å². The number of rotatable bonds is 5. The minimum absolute atomic E-state index is 0. The van der Waals surface area contributed by atoms with E-state index in [9.17, 15) is 0 Å². The van der Waals surface area contributed by atoms with Gasteiger partial charge in [0.25, 0.3) is 0 Å². The molecule has 1 aliphatic carbocycles. The van der Waals surface area contributed by atoms with Gasteiger partial charge < -0.3 is 15.0 Å². The third kappa shape index (κ3) is 6.10. The Labute approximate surface area is 192 Å². The number of halogens is 1. The standard InChI is InChI=1S/C23H34N4O.HI/c1-24-23(27-15-12-20(18-27)26-13-5-6-14-26)25-17-19-8-7-11-22(16-19)28-21-9-3-2-4-10-21;/h5-8,11,16,20-21H,2-4,9-10,12-15,17-18H2,1H3,(H,24,25);1H. The molecule has 0 spiro atoms. The van der Waals surface area contributed by atoms with Gasteiger partial charge in [0.1, 0.15) is 5.75 Å². The molecule has 5 nitrogen and oxygen atoms in total. The Kier molecular flexibility index (Phi) is 8.66. The van der Waals surface area contributed by atoms with Gasteiger partial charge in [-0.05, 0) is 49.8 Å². The van der Waals surface area contributed by atoms with Gasteiger partial charge in [0.2, 0.25) is 0 Å². The van der Waals surface area contributed by atoms with Gasteiger partial charge in [-0.15, -0.1) is 24.0 Å². The van der Waals surface area contributed by atoms with Crippen molar-refractivity contribution < 1.29 is 4.74 Å². The first-order valence-corrected chi connectivity index (χ1v) is 10.9. The molecule has 1 atom stereocenters. The first-order valence-electron chi connectivity index (χ1n) is 10.9. The summed E-state index contributed by atoms with van der Waals surface area (Å²) < 4.78 is 6.22. The number of ether oxygens (including phenoxy) is 1. The number of benzene rings is 1. The highest BCUT2D eigenvalue weighted by molar-refractivity contribution is 14.0. The maximum atomic E-state index is 6.22. The summed E-state index contributed by atoms with van der Waals surface area (Å²) >= 11 is 0. The van der Waals surface area contributed by atoms with Crippen molar-refractivity contribution in [1.29, 1.82) is 0 Å². The molecule has 1 N–H and O–H groups in total. The molecule has 0 bridgehead atoms. The van der Waals surface area contributed by atoms with Gasteiger partial charge in [-0.2, -0.15) is 0 Å². The monoisotopic (exact) mass is 510 g/mol. The highest BCUT2D eigenvalue weighted by Crippen LogP contribution is 2.24. The van der Waals surface area contributed by atoms with E-state index in [0.29, 0.717) is 12.1 Å². The molecule has 0 aromatic heterocycles. The predicted molar refractivity (Wildman–Crippen MR) is 130 cm³/mol. The Morgan fingerprint density at radius 1 is 1.14 bits per heavy atom. The zero-order chi connectivity index (χ0) is 19.2. The van der Waals surface area contributed by atoms with Crippen molar-refractivity contribution in [2.75, 3.05) is 33.2 Å². The van der Waals surface area contributed by atoms with Crippen molar-refractivity contribution in [3.63, 3.8) is 0 Å². The number of hydrogen-bond donors (Lipinski definition) is 1. The van der Waals surface area contributed by atoms with Gasteiger partial charge in [-0.3, -0.25) is 9.89 Å². The van der Waals surface area contributed by atoms with E-state index < -0.39 is 0 Å². The predicted octanol–water partition coefficient (Wildman–Crippen LogP) is 4.04. The summed E-state index contributed by atoms with van der Waals surface area (Å²) in [5.41, 5.74) is 1.24. The van der Waals surface area contributed by atoms with Crippen LogP contribution in [-0.4, -0.2) is 61.1 Å². The van der Waals surface area contributed by atoms with E-state index in [1.165, 1.54) is 44.1 Å². The number of guanidine groups is 1. The van der Waals surface area contributed by atoms with Gasteiger partial charge in [0.15, 0.2) is 5.96 Å². The van der Waals surface area contributed by atoms with Crippen LogP contribution in [0, 0.1) is 0 Å². The summed E-state index contributed by atoms with van der Waals surface area (Å²) in [6.45, 7) is 5.11. The van der Waals surface area contributed by atoms with Crippen LogP contribution in [0.25, 0.3) is 0 Å². The SMILES string of the molecule is CN=C(NCc1cccc(OC2CCCCC2)c1)N1CCC(N2CC=CC2)C1.I. The molecule has 4 rings (SSSR count). The third-order valence-electron chi connectivity index (χ3n) is 6.24. The Morgan fingerprint density at radius 2 is 1.93 bits per heavy atom. The lowest BCUT2D eigenvalue weighted by atomic mass is 9.98. The Balaban J connectivity index is 0.00000240. The molecule has 0 amide bonds. The topological polar surface area (TPSA) is 40.1 Å². The van der Waals surface area contributed by atoms with Crippen LogP contribution >= 0.6 is 24.0 Å². The van der Waals surface area contributed by atoms with Crippen LogP contribution in [0.5, 0.6) is 5.75 Å². The number of aliphatic imine (C=N–C) groups is 1. The van der Waals surface area contributed by atoms with Crippen LogP contribution in [0.1, 0.15) is 44.1 Å². The van der Waals surface area contributed by atoms with Gasteiger partial charge in [-0.25, -0.2) is 0 Å². The lowest BCUT2D eigenvalue weighted by molar-refractivity contribution is 0.155. The minimum atomic E-state index is 0. The molecule has 2 fully saturated rings. The molecule has 160 valence electrons. The average Bonchev–Trinajstić information content (AvgIpc) is 3.42. The molecule has 3 aliphatic rings. The van der Waals surface area contributed by atoms with Crippen LogP contribution in [0.15, 0.2) is 41.4 Å². The van der Waals surface area contributed by atoms with Crippen molar-refractivity contribution in [3.8, 4) is 5.75 Å². The number of hydrogen-bond acceptors (Lipinski definition) is 3. The fraction of sp³-hybridized carbons (Fsp3) is 0.609. The number of nitrogens with one attached hydrogen (secondary N) is 1. The van der Waals surface area contributed by atoms with Gasteiger partial charge in [0.05, 0.1) is 6.10 Å². The summed E-state index contributed by atoms with van der Waals surface area (Å²) in [4.78, 5) is 9.48. The van der Waals surface area contributed by atoms with Crippen molar-refractivity contribution in [3.05, 3.63) is 42.0 Å². The maximum Gasteiger partial charge on any atom is 0.193 e. The first-order chi connectivity index (χ1) is 13.8. The van der Waals surface area contributed by atoms with Crippen molar-refractivity contribution in [1.82, 2.24) is 15.1 Å². The first kappa shape index (κ1) is 22.4. The molecular weight excluding hydrogens is 475 g/mol. The molecule has 2 aliphatic heterocycles. The van der Waals surface area contributed by atoms with E-state index in [4.69, 9.17) is 4.74 Å². The second-order valence-corrected chi connectivity index (χ2v) is 8.24. The van der Waals surface area contributed by atoms with E-state index in [1.54, 1.807) is 0 Å². The molecule has 0 radical (unpaired) electrons. The highest BCUT2D eigenvalue weighted by Gasteiger charge is 2.29. The van der Waals surface area contributed by atoms with Crippen LogP contribution < -0.4 is 10.1 Å². The zero-order valence-electron chi connectivity index (χ0n) is 17.6. The third-order valence-corrected chi connectivity index (χ3v) is 6.24. The molecule has 6 heteroatoms. The van der Waals surface area contributed by atoms with Crippen LogP contribution in [-0.2, 0) is 6.54 Å². The molecule has 1 saturated carbocycles. The average molecular weight is 510 g/mol. The van der Waals surface area contributed by atoms with Gasteiger partial charge in [0, 0.05) is 45.8 Å². The van der Waals surface area contributed by atoms with E-state index >= 15 is 0 Å². The molecule has 1 unspecified atom stereocenters. The summed E-state index contributed by atoms with van der Waals surface area (Å²) in [5, 5.41) is 3.56. The van der Waals surface area contributed by atoms with E-state index in [-0.39, 0.29) is 24.0 Å². The highest BCUT2D eigenvalue weighted by atomic mass is 127. The Morgan fingerprint density at radius 3 is 2.69 bits per heavy atom. The molecule has 29 heavy (non-hydrogen) atoms. The Hall–Kier alpha value is -1.28. The van der Waals surface area contributed by atoms with E-state index in [1.807, 2.05) is 7.05 Å². The second-order valence-electron chi connectivity index (χ2n) is 8.24. The minimum Gasteiger partial charge on any atom is -0.490 e. The molecular formula is C23H35IN4O. The number of likely N-dealkylation sites (tertiary alicyclic amines) is 1. The van der Waals surface area contributed by atoms with Crippen molar-refractivity contribution in [2.24, 2.45) is 4.99 Å². The van der Waals surface area contributed by atoms with Crippen LogP contribution in [0.3, 0.4) is 0 Å². The van der Waals surface area contributed by atoms with Gasteiger partial charge in [-0.1, -0.05) is 30.7 Å². The quantitative estimate of drug-likeness (QED) is 0.281. The van der Waals surface area contributed by atoms with Crippen LogP contribution in [0.4, 0.5) is 0 Å². The lowest BCUT2D eigenvalue weighted by Crippen LogP contribution is -2.42. The summed E-state index contributed by atoms with van der Waals surface area (Å²) in [5.74, 6) is 2.01. The van der Waals surface area contributed by atoms with Gasteiger partial charge >= 0.3 is 0 Å². The fourth-order valence-electron chi connectivity index (χ4n) is 4.64. The number of nitrogens with zero attached hydrogens (tertiary/aromatic N) is 3. The van der Waals surface area contributed by atoms with E-state index in [0.717, 1.165) is 44.4 Å². The maximum absolute atomic E-state index is 6.22. The molecule has 1 aromatic rings. The molecule has 2 heterocycles. The van der Waals surface area contributed by atoms with Crippen molar-refractivity contribution in [2.45, 2.75) is 57.2 Å². The summed E-state index contributed by atoms with van der Waals surface area (Å²) in [6.07, 6.45) is 12.5. The zero-order valence-corrected chi connectivity index (χ0v) is 19.9. The Bertz CT molecular complexity index is 694. The van der Waals surface area contributed by atoms with Crippen LogP contribution in [0.2, 0.25) is 0 Å². The smallest absolute Gasteiger partial charge is 0.193 e. The normalized spacial score (nSPS) is 23.3. The molecule has 1 aromatic carbocycles. The second kappa shape index (κ2) is 11.2. The fourth-order valence-corrected chi connectivity index (χ4v) is 4.64. The molecule has 1 saturated heterocycles. The summed E-state index contributed by atoms with van der Waals surface area (Å²) in [6, 6.07) is 9.17. The summed E-state index contributed by atoms with van der Waals surface area (Å²) in [7, 11) is 1.88. The lowest BCUT2D eigenvalue weighted by Gasteiger charge is -2.25.